The molecule has 1 fully saturated rings. The smallest absolute Gasteiger partial charge is 0.140 e. The van der Waals surface area contributed by atoms with Gasteiger partial charge < -0.3 is 5.73 Å². The molecule has 1 aromatic rings. The number of hydrogen-bond acceptors (Lipinski definition) is 3. The van der Waals surface area contributed by atoms with Crippen molar-refractivity contribution in [2.75, 3.05) is 6.54 Å². The summed E-state index contributed by atoms with van der Waals surface area (Å²) in [5.41, 5.74) is 7.43. The van der Waals surface area contributed by atoms with Crippen molar-refractivity contribution in [3.8, 4) is 6.07 Å². The number of benzene rings is 1. The van der Waals surface area contributed by atoms with Crippen LogP contribution >= 0.6 is 0 Å². The number of likely N-dealkylation sites (tertiary alicyclic amines) is 1. The molecule has 0 aromatic heterocycles. The molecular weight excluding hydrogens is 265 g/mol. The zero-order valence-electron chi connectivity index (χ0n) is 13.1. The number of nitrogens with zero attached hydrogens (tertiary/aromatic N) is 2. The number of hydrogen-bond donors (Lipinski definition) is 1. The molecule has 0 amide bonds. The lowest BCUT2D eigenvalue weighted by Crippen LogP contribution is -2.49. The third-order valence-electron chi connectivity index (χ3n) is 4.24. The highest BCUT2D eigenvalue weighted by atomic mass is 19.1. The van der Waals surface area contributed by atoms with E-state index in [4.69, 9.17) is 11.0 Å². The summed E-state index contributed by atoms with van der Waals surface area (Å²) in [6.07, 6.45) is 3.18. The maximum absolute atomic E-state index is 13.6. The molecule has 1 saturated heterocycles. The summed E-state index contributed by atoms with van der Waals surface area (Å²) in [5, 5.41) is 9.05. The van der Waals surface area contributed by atoms with Crippen LogP contribution in [-0.4, -0.2) is 23.0 Å². The van der Waals surface area contributed by atoms with E-state index in [0.717, 1.165) is 31.4 Å². The fraction of sp³-hybridized carbons (Fsp3) is 0.588. The summed E-state index contributed by atoms with van der Waals surface area (Å²) in [6, 6.07) is 6.76. The molecule has 2 rings (SSSR count). The number of nitrogens with two attached hydrogens (primary N) is 1. The van der Waals surface area contributed by atoms with Crippen molar-refractivity contribution >= 4 is 0 Å². The minimum absolute atomic E-state index is 0.00345. The summed E-state index contributed by atoms with van der Waals surface area (Å²) in [4.78, 5) is 2.39. The summed E-state index contributed by atoms with van der Waals surface area (Å²) in [7, 11) is 0. The van der Waals surface area contributed by atoms with Crippen molar-refractivity contribution in [1.82, 2.24) is 4.90 Å². The summed E-state index contributed by atoms with van der Waals surface area (Å²) >= 11 is 0. The maximum Gasteiger partial charge on any atom is 0.140 e. The second-order valence-corrected chi connectivity index (χ2v) is 6.82. The molecule has 2 atom stereocenters. The molecule has 2 N–H and O–H groups in total. The highest BCUT2D eigenvalue weighted by Crippen LogP contribution is 2.35. The molecule has 4 heteroatoms. The van der Waals surface area contributed by atoms with Crippen LogP contribution in [0.5, 0.6) is 0 Å². The predicted octanol–water partition coefficient (Wildman–Crippen LogP) is 3.35. The fourth-order valence-corrected chi connectivity index (χ4v) is 3.18. The Bertz CT molecular complexity index is 542. The molecule has 0 radical (unpaired) electrons. The van der Waals surface area contributed by atoms with Gasteiger partial charge in [0.25, 0.3) is 0 Å². The Balaban J connectivity index is 2.47. The molecule has 1 aliphatic rings. The normalized spacial score (nSPS) is 24.4. The first-order chi connectivity index (χ1) is 9.84. The quantitative estimate of drug-likeness (QED) is 0.862. The molecular formula is C17H24FN3. The molecule has 0 saturated carbocycles. The van der Waals surface area contributed by atoms with Crippen molar-refractivity contribution in [3.05, 3.63) is 35.1 Å². The largest absolute Gasteiger partial charge is 0.326 e. The Labute approximate surface area is 126 Å². The zero-order chi connectivity index (χ0) is 15.6. The van der Waals surface area contributed by atoms with Crippen LogP contribution in [0, 0.1) is 17.1 Å². The highest BCUT2D eigenvalue weighted by Gasteiger charge is 2.35. The van der Waals surface area contributed by atoms with Gasteiger partial charge in [-0.15, -0.1) is 0 Å². The molecule has 2 unspecified atom stereocenters. The van der Waals surface area contributed by atoms with E-state index in [-0.39, 0.29) is 23.2 Å². The van der Waals surface area contributed by atoms with Gasteiger partial charge in [-0.05, 0) is 57.9 Å². The first-order valence-electron chi connectivity index (χ1n) is 7.56. The summed E-state index contributed by atoms with van der Waals surface area (Å²) in [5.74, 6) is -0.467. The molecule has 1 heterocycles. The van der Waals surface area contributed by atoms with E-state index >= 15 is 0 Å². The lowest BCUT2D eigenvalue weighted by atomic mass is 9.91. The van der Waals surface area contributed by atoms with Crippen LogP contribution in [0.2, 0.25) is 0 Å². The molecule has 3 nitrogen and oxygen atoms in total. The van der Waals surface area contributed by atoms with Crippen molar-refractivity contribution in [2.24, 2.45) is 5.73 Å². The first kappa shape index (κ1) is 15.9. The third-order valence-corrected chi connectivity index (χ3v) is 4.24. The highest BCUT2D eigenvalue weighted by molar-refractivity contribution is 5.36. The van der Waals surface area contributed by atoms with Gasteiger partial charge in [0.05, 0.1) is 11.6 Å². The molecule has 1 aliphatic heterocycles. The standard InChI is InChI=1S/C17H24FN3/c1-17(2,3)21-9-5-4-6-15(20)16(21)12-7-8-14(18)13(10-12)11-19/h7-8,10,15-16H,4-6,9,20H2,1-3H3. The number of nitriles is 1. The van der Waals surface area contributed by atoms with E-state index in [0.29, 0.717) is 0 Å². The molecule has 21 heavy (non-hydrogen) atoms. The SMILES string of the molecule is CC(C)(C)N1CCCCC(N)C1c1ccc(F)c(C#N)c1. The lowest BCUT2D eigenvalue weighted by Gasteiger charge is -2.43. The van der Waals surface area contributed by atoms with Crippen molar-refractivity contribution in [1.29, 1.82) is 5.26 Å². The molecule has 1 aromatic carbocycles. The summed E-state index contributed by atoms with van der Waals surface area (Å²) in [6.45, 7) is 7.49. The fourth-order valence-electron chi connectivity index (χ4n) is 3.18. The Morgan fingerprint density at radius 2 is 2.05 bits per heavy atom. The third kappa shape index (κ3) is 3.42. The zero-order valence-corrected chi connectivity index (χ0v) is 13.1. The van der Waals surface area contributed by atoms with E-state index in [9.17, 15) is 4.39 Å². The van der Waals surface area contributed by atoms with E-state index < -0.39 is 5.82 Å². The van der Waals surface area contributed by atoms with E-state index in [1.54, 1.807) is 12.1 Å². The van der Waals surface area contributed by atoms with Crippen molar-refractivity contribution < 1.29 is 4.39 Å². The van der Waals surface area contributed by atoms with Crippen molar-refractivity contribution in [2.45, 2.75) is 57.7 Å². The van der Waals surface area contributed by atoms with Gasteiger partial charge in [0.15, 0.2) is 0 Å². The predicted molar refractivity (Wildman–Crippen MR) is 82.1 cm³/mol. The van der Waals surface area contributed by atoms with Crippen LogP contribution < -0.4 is 5.73 Å². The van der Waals surface area contributed by atoms with Gasteiger partial charge in [0, 0.05) is 11.6 Å². The van der Waals surface area contributed by atoms with Gasteiger partial charge in [-0.2, -0.15) is 5.26 Å². The van der Waals surface area contributed by atoms with Gasteiger partial charge >= 0.3 is 0 Å². The maximum atomic E-state index is 13.6. The van der Waals surface area contributed by atoms with Gasteiger partial charge in [-0.25, -0.2) is 4.39 Å². The molecule has 0 bridgehead atoms. The molecule has 114 valence electrons. The Morgan fingerprint density at radius 1 is 1.33 bits per heavy atom. The van der Waals surface area contributed by atoms with Gasteiger partial charge in [0.2, 0.25) is 0 Å². The van der Waals surface area contributed by atoms with Crippen LogP contribution in [0.25, 0.3) is 0 Å². The Morgan fingerprint density at radius 3 is 2.67 bits per heavy atom. The van der Waals surface area contributed by atoms with E-state index in [2.05, 4.69) is 25.7 Å². The first-order valence-corrected chi connectivity index (χ1v) is 7.56. The minimum Gasteiger partial charge on any atom is -0.326 e. The lowest BCUT2D eigenvalue weighted by molar-refractivity contribution is 0.0755. The van der Waals surface area contributed by atoms with Crippen LogP contribution in [0.4, 0.5) is 4.39 Å². The van der Waals surface area contributed by atoms with Gasteiger partial charge in [0.1, 0.15) is 11.9 Å². The minimum atomic E-state index is -0.467. The monoisotopic (exact) mass is 289 g/mol. The van der Waals surface area contributed by atoms with E-state index in [1.807, 2.05) is 6.07 Å². The Kier molecular flexibility index (Phi) is 4.65. The van der Waals surface area contributed by atoms with Gasteiger partial charge in [-0.1, -0.05) is 12.5 Å². The molecule has 0 aliphatic carbocycles. The van der Waals surface area contributed by atoms with Crippen LogP contribution in [0.3, 0.4) is 0 Å². The van der Waals surface area contributed by atoms with Crippen molar-refractivity contribution in [3.63, 3.8) is 0 Å². The average Bonchev–Trinajstić information content (AvgIpc) is 2.61. The van der Waals surface area contributed by atoms with E-state index in [1.165, 1.54) is 6.07 Å². The average molecular weight is 289 g/mol. The van der Waals surface area contributed by atoms with Crippen LogP contribution in [0.1, 0.15) is 57.2 Å². The number of rotatable bonds is 1. The second kappa shape index (κ2) is 6.13. The second-order valence-electron chi connectivity index (χ2n) is 6.82. The van der Waals surface area contributed by atoms with Gasteiger partial charge in [-0.3, -0.25) is 4.90 Å². The van der Waals surface area contributed by atoms with Crippen LogP contribution in [0.15, 0.2) is 18.2 Å². The Hall–Kier alpha value is -1.44. The van der Waals surface area contributed by atoms with Crippen LogP contribution in [-0.2, 0) is 0 Å². The summed E-state index contributed by atoms with van der Waals surface area (Å²) < 4.78 is 13.6. The topological polar surface area (TPSA) is 53.0 Å². The number of halogens is 1. The molecule has 0 spiro atoms.